The fraction of sp³-hybridized carbons (Fsp3) is 0.294. The van der Waals surface area contributed by atoms with Gasteiger partial charge in [0.2, 0.25) is 17.4 Å². The summed E-state index contributed by atoms with van der Waals surface area (Å²) in [6.07, 6.45) is 6.00. The van der Waals surface area contributed by atoms with Gasteiger partial charge in [0.25, 0.3) is 5.54 Å². The van der Waals surface area contributed by atoms with E-state index in [0.717, 1.165) is 17.6 Å². The van der Waals surface area contributed by atoms with Crippen molar-refractivity contribution in [3.63, 3.8) is 0 Å². The first-order valence-corrected chi connectivity index (χ1v) is 20.8. The first-order valence-electron chi connectivity index (χ1n) is 20.0. The summed E-state index contributed by atoms with van der Waals surface area (Å²) in [5.74, 6) is 0.275. The van der Waals surface area contributed by atoms with Gasteiger partial charge in [-0.05, 0) is 123 Å². The minimum Gasteiger partial charge on any atom is -0.454 e. The van der Waals surface area contributed by atoms with Crippen LogP contribution in [0.15, 0.2) is 89.6 Å². The smallest absolute Gasteiger partial charge is 0.269 e. The topological polar surface area (TPSA) is 20.9 Å². The largest absolute Gasteiger partial charge is 0.454 e. The van der Waals surface area contributed by atoms with Gasteiger partial charge in [-0.15, -0.1) is 11.3 Å². The number of furan rings is 1. The molecule has 272 valence electrons. The van der Waals surface area contributed by atoms with E-state index in [1.807, 2.05) is 11.3 Å². The fourth-order valence-corrected chi connectivity index (χ4v) is 12.0. The van der Waals surface area contributed by atoms with Crippen molar-refractivity contribution in [2.75, 3.05) is 0 Å². The Labute approximate surface area is 327 Å². The fourth-order valence-electron chi connectivity index (χ4n) is 10.8. The monoisotopic (exact) mass is 736 g/mol. The zero-order valence-electron chi connectivity index (χ0n) is 33.7. The molecule has 1 saturated carbocycles. The number of fused-ring (bicyclic) bond motifs is 19. The molecule has 3 atom stereocenters. The lowest BCUT2D eigenvalue weighted by atomic mass is 9.83. The average Bonchev–Trinajstić information content (AvgIpc) is 3.37. The summed E-state index contributed by atoms with van der Waals surface area (Å²) in [4.78, 5) is 1.36. The van der Waals surface area contributed by atoms with E-state index in [4.69, 9.17) is 4.42 Å². The van der Waals surface area contributed by atoms with Crippen molar-refractivity contribution in [2.24, 2.45) is 5.41 Å². The van der Waals surface area contributed by atoms with Crippen molar-refractivity contribution in [1.82, 2.24) is 0 Å². The molecule has 3 nitrogen and oxygen atoms in total. The first-order chi connectivity index (χ1) is 26.3. The van der Waals surface area contributed by atoms with Gasteiger partial charge in [-0.1, -0.05) is 68.8 Å². The maximum atomic E-state index is 7.30. The van der Waals surface area contributed by atoms with Crippen molar-refractivity contribution >= 4 is 43.4 Å². The van der Waals surface area contributed by atoms with Crippen LogP contribution in [0.3, 0.4) is 0 Å². The lowest BCUT2D eigenvalue weighted by molar-refractivity contribution is -0.772. The van der Waals surface area contributed by atoms with Crippen LogP contribution in [0.4, 0.5) is 0 Å². The Morgan fingerprint density at radius 1 is 0.691 bits per heavy atom. The number of hydrogen-bond acceptors (Lipinski definition) is 2. The molecule has 2 aliphatic heterocycles. The molecule has 0 bridgehead atoms. The molecule has 1 fully saturated rings. The molecule has 0 radical (unpaired) electrons. The standard InChI is InChI=1S/C51H48N2OS/c1-26-14-15-35-39(20-26)45-49(52-24-30(5)29(4)21-41(35)52)51(45)40-19-18-36-37-17-16-34-31(6)32(7)55-48(34)47(37)54-46(36)44(40)42-22-38(43-27(2)12-11-13-28(43)3)33(25-53(42)51)23-50(8,9)10/h11-22,24-25,45,49H,23H2,1-10H3/q+2. The van der Waals surface area contributed by atoms with E-state index in [2.05, 4.69) is 164 Å². The third-order valence-corrected chi connectivity index (χ3v) is 14.7. The van der Waals surface area contributed by atoms with Gasteiger partial charge in [-0.25, -0.2) is 0 Å². The number of benzene rings is 4. The van der Waals surface area contributed by atoms with Crippen LogP contribution in [0.1, 0.15) is 87.7 Å². The Balaban J connectivity index is 1.30. The number of nitrogens with zero attached hydrogens (tertiary/aromatic N) is 2. The maximum Gasteiger partial charge on any atom is 0.269 e. The summed E-state index contributed by atoms with van der Waals surface area (Å²) in [5.41, 5.74) is 22.0. The van der Waals surface area contributed by atoms with Crippen LogP contribution in [0.25, 0.3) is 65.7 Å². The molecule has 4 aromatic heterocycles. The SMILES string of the molecule is Cc1ccc2c(c1)C1C([n+]3cc(C)c(C)cc3-2)C12c1ccc3c(oc4c3ccc3c(C)c(C)sc34)c1-c1cc(-c3c(C)cccc3C)c(CC(C)(C)C)c[n+]12. The molecule has 4 aromatic carbocycles. The van der Waals surface area contributed by atoms with Crippen molar-refractivity contribution in [3.8, 4) is 33.6 Å². The van der Waals surface area contributed by atoms with E-state index in [9.17, 15) is 0 Å². The molecule has 0 N–H and O–H groups in total. The quantitative estimate of drug-likeness (QED) is 0.162. The molecule has 0 amide bonds. The summed E-state index contributed by atoms with van der Waals surface area (Å²) in [6.45, 7) is 23.0. The van der Waals surface area contributed by atoms with Gasteiger partial charge in [-0.3, -0.25) is 0 Å². The van der Waals surface area contributed by atoms with Crippen molar-refractivity contribution in [2.45, 2.75) is 93.2 Å². The summed E-state index contributed by atoms with van der Waals surface area (Å²) in [6, 6.07) is 28.6. The second kappa shape index (κ2) is 10.8. The van der Waals surface area contributed by atoms with Crippen LogP contribution >= 0.6 is 11.3 Å². The molecule has 3 aliphatic rings. The molecule has 3 unspecified atom stereocenters. The number of aryl methyl sites for hydroxylation is 7. The summed E-state index contributed by atoms with van der Waals surface area (Å²) in [5, 5.41) is 3.72. The third kappa shape index (κ3) is 4.27. The van der Waals surface area contributed by atoms with Gasteiger partial charge in [0.1, 0.15) is 11.5 Å². The van der Waals surface area contributed by atoms with Crippen LogP contribution < -0.4 is 9.13 Å². The predicted molar refractivity (Wildman–Crippen MR) is 227 cm³/mol. The highest BCUT2D eigenvalue weighted by Gasteiger charge is 2.86. The van der Waals surface area contributed by atoms with E-state index >= 15 is 0 Å². The maximum absolute atomic E-state index is 7.30. The Morgan fingerprint density at radius 2 is 1.42 bits per heavy atom. The van der Waals surface area contributed by atoms with E-state index < -0.39 is 0 Å². The second-order valence-electron chi connectivity index (χ2n) is 18.3. The van der Waals surface area contributed by atoms with E-state index in [-0.39, 0.29) is 22.9 Å². The molecule has 1 aliphatic carbocycles. The molecular weight excluding hydrogens is 689 g/mol. The molecule has 8 aromatic rings. The highest BCUT2D eigenvalue weighted by molar-refractivity contribution is 7.20. The number of aromatic nitrogens is 2. The van der Waals surface area contributed by atoms with E-state index in [0.29, 0.717) is 0 Å². The number of pyridine rings is 2. The Bertz CT molecular complexity index is 3020. The first kappa shape index (κ1) is 33.3. The van der Waals surface area contributed by atoms with Gasteiger partial charge in [0.15, 0.2) is 18.0 Å². The number of hydrogen-bond donors (Lipinski definition) is 0. The summed E-state index contributed by atoms with van der Waals surface area (Å²) < 4.78 is 13.9. The minimum absolute atomic E-state index is 0.100. The molecule has 0 saturated heterocycles. The Hall–Kier alpha value is -5.06. The number of rotatable bonds is 2. The lowest BCUT2D eigenvalue weighted by Crippen LogP contribution is -2.51. The normalized spacial score (nSPS) is 19.2. The molecule has 6 heterocycles. The third-order valence-electron chi connectivity index (χ3n) is 13.5. The van der Waals surface area contributed by atoms with E-state index in [1.54, 1.807) is 0 Å². The summed E-state index contributed by atoms with van der Waals surface area (Å²) in [7, 11) is 0. The van der Waals surface area contributed by atoms with Crippen LogP contribution in [-0.2, 0) is 12.0 Å². The van der Waals surface area contributed by atoms with Crippen LogP contribution in [0, 0.1) is 53.9 Å². The van der Waals surface area contributed by atoms with Crippen molar-refractivity contribution in [3.05, 3.63) is 140 Å². The van der Waals surface area contributed by atoms with E-state index in [1.165, 1.54) is 109 Å². The van der Waals surface area contributed by atoms with Gasteiger partial charge in [0, 0.05) is 44.5 Å². The molecule has 11 rings (SSSR count). The predicted octanol–water partition coefficient (Wildman–Crippen LogP) is 12.5. The highest BCUT2D eigenvalue weighted by Crippen LogP contribution is 2.71. The van der Waals surface area contributed by atoms with Crippen LogP contribution in [0.2, 0.25) is 0 Å². The average molecular weight is 737 g/mol. The van der Waals surface area contributed by atoms with Crippen LogP contribution in [0.5, 0.6) is 0 Å². The Morgan fingerprint density at radius 3 is 2.18 bits per heavy atom. The molecule has 55 heavy (non-hydrogen) atoms. The molecular formula is C51H48N2OS+2. The van der Waals surface area contributed by atoms with Gasteiger partial charge >= 0.3 is 0 Å². The Kier molecular flexibility index (Phi) is 6.55. The van der Waals surface area contributed by atoms with Crippen molar-refractivity contribution in [1.29, 1.82) is 0 Å². The van der Waals surface area contributed by atoms with Gasteiger partial charge < -0.3 is 4.42 Å². The van der Waals surface area contributed by atoms with Gasteiger partial charge in [-0.2, -0.15) is 9.13 Å². The zero-order valence-corrected chi connectivity index (χ0v) is 34.5. The van der Waals surface area contributed by atoms with Crippen LogP contribution in [-0.4, -0.2) is 0 Å². The lowest BCUT2D eigenvalue weighted by Gasteiger charge is -2.22. The highest BCUT2D eigenvalue weighted by atomic mass is 32.1. The van der Waals surface area contributed by atoms with Gasteiger partial charge in [0.05, 0.1) is 15.8 Å². The zero-order chi connectivity index (χ0) is 38.0. The summed E-state index contributed by atoms with van der Waals surface area (Å²) >= 11 is 1.87. The molecule has 4 heteroatoms. The second-order valence-corrected chi connectivity index (χ2v) is 19.5. The number of thiophene rings is 1. The van der Waals surface area contributed by atoms with Crippen molar-refractivity contribution < 1.29 is 13.6 Å². The molecule has 1 spiro atoms. The minimum atomic E-state index is -0.310.